The Balaban J connectivity index is 1.70. The van der Waals surface area contributed by atoms with Crippen LogP contribution in [0.4, 0.5) is 11.4 Å². The Hall–Kier alpha value is -3.75. The van der Waals surface area contributed by atoms with Crippen molar-refractivity contribution in [2.24, 2.45) is 0 Å². The van der Waals surface area contributed by atoms with E-state index in [9.17, 15) is 24.5 Å². The number of non-ortho nitro benzene ring substituents is 1. The van der Waals surface area contributed by atoms with Crippen LogP contribution in [0.3, 0.4) is 0 Å². The number of carbonyl (C=O) groups is 3. The van der Waals surface area contributed by atoms with Crippen LogP contribution in [0, 0.1) is 10.1 Å². The van der Waals surface area contributed by atoms with E-state index in [1.54, 1.807) is 24.3 Å². The lowest BCUT2D eigenvalue weighted by Gasteiger charge is -2.26. The highest BCUT2D eigenvalue weighted by molar-refractivity contribution is 6.44. The maximum Gasteiger partial charge on any atom is 0.269 e. The molecule has 0 aromatic heterocycles. The number of carbonyl (C=O) groups excluding carboxylic acids is 3. The number of hydrogen-bond acceptors (Lipinski definition) is 5. The number of nitro benzene ring substituents is 1. The molecule has 8 nitrogen and oxygen atoms in total. The van der Waals surface area contributed by atoms with Crippen LogP contribution in [-0.4, -0.2) is 33.6 Å². The van der Waals surface area contributed by atoms with Gasteiger partial charge in [-0.05, 0) is 29.8 Å². The van der Waals surface area contributed by atoms with Gasteiger partial charge in [0.25, 0.3) is 17.5 Å². The third-order valence-electron chi connectivity index (χ3n) is 5.23. The number of benzene rings is 3. The molecule has 1 unspecified atom stereocenters. The minimum absolute atomic E-state index is 0.0620. The Labute approximate surface area is 197 Å². The van der Waals surface area contributed by atoms with Gasteiger partial charge >= 0.3 is 0 Å². The topological polar surface area (TPSA) is 110 Å². The summed E-state index contributed by atoms with van der Waals surface area (Å²) in [6, 6.07) is 15.3. The molecule has 0 radical (unpaired) electrons. The fourth-order valence-corrected chi connectivity index (χ4v) is 3.93. The number of nitrogens with zero attached hydrogens (tertiary/aromatic N) is 2. The molecule has 1 N–H and O–H groups in total. The van der Waals surface area contributed by atoms with Crippen LogP contribution in [-0.2, 0) is 11.2 Å². The molecule has 1 heterocycles. The minimum atomic E-state index is -1.24. The van der Waals surface area contributed by atoms with Gasteiger partial charge in [0.15, 0.2) is 0 Å². The molecule has 166 valence electrons. The molecule has 4 rings (SSSR count). The van der Waals surface area contributed by atoms with Crippen molar-refractivity contribution in [3.63, 3.8) is 0 Å². The van der Waals surface area contributed by atoms with Crippen LogP contribution >= 0.6 is 23.2 Å². The van der Waals surface area contributed by atoms with Crippen LogP contribution in [0.15, 0.2) is 66.7 Å². The molecule has 3 aromatic rings. The molecule has 0 fully saturated rings. The number of fused-ring (bicyclic) bond motifs is 1. The first-order valence-electron chi connectivity index (χ1n) is 9.73. The van der Waals surface area contributed by atoms with Crippen molar-refractivity contribution in [2.45, 2.75) is 12.5 Å². The average molecular weight is 484 g/mol. The van der Waals surface area contributed by atoms with Gasteiger partial charge in [0.05, 0.1) is 31.8 Å². The zero-order valence-corrected chi connectivity index (χ0v) is 18.3. The summed E-state index contributed by atoms with van der Waals surface area (Å²) >= 11 is 12.2. The summed E-state index contributed by atoms with van der Waals surface area (Å²) < 4.78 is 0. The third kappa shape index (κ3) is 4.30. The molecule has 0 saturated heterocycles. The molecule has 10 heteroatoms. The summed E-state index contributed by atoms with van der Waals surface area (Å²) in [5, 5.41) is 13.9. The van der Waals surface area contributed by atoms with Gasteiger partial charge in [-0.2, -0.15) is 0 Å². The van der Waals surface area contributed by atoms with Crippen molar-refractivity contribution in [2.75, 3.05) is 5.32 Å². The quantitative estimate of drug-likeness (QED) is 0.309. The number of imide groups is 1. The second-order valence-electron chi connectivity index (χ2n) is 7.26. The van der Waals surface area contributed by atoms with E-state index in [2.05, 4.69) is 5.32 Å². The van der Waals surface area contributed by atoms with Crippen molar-refractivity contribution >= 4 is 52.3 Å². The van der Waals surface area contributed by atoms with E-state index in [0.717, 1.165) is 4.90 Å². The molecule has 0 saturated carbocycles. The summed E-state index contributed by atoms with van der Waals surface area (Å²) in [5.41, 5.74) is 1.02. The average Bonchev–Trinajstić information content (AvgIpc) is 3.06. The predicted octanol–water partition coefficient (Wildman–Crippen LogP) is 4.75. The Morgan fingerprint density at radius 1 is 0.939 bits per heavy atom. The largest absolute Gasteiger partial charge is 0.323 e. The summed E-state index contributed by atoms with van der Waals surface area (Å²) in [7, 11) is 0. The molecule has 0 spiro atoms. The third-order valence-corrected chi connectivity index (χ3v) is 6.04. The standard InChI is InChI=1S/C23H15Cl2N3O5/c24-17-6-3-7-18(20(17)25)26-21(29)19(12-13-8-10-14(11-9-13)28(32)33)27-22(30)15-4-1-2-5-16(15)23(27)31/h1-11,19H,12H2,(H,26,29). The summed E-state index contributed by atoms with van der Waals surface area (Å²) in [5.74, 6) is -1.86. The van der Waals surface area contributed by atoms with E-state index in [1.807, 2.05) is 0 Å². The van der Waals surface area contributed by atoms with Gasteiger partial charge in [-0.3, -0.25) is 29.4 Å². The maximum atomic E-state index is 13.3. The number of anilines is 1. The SMILES string of the molecule is O=C(Nc1cccc(Cl)c1Cl)C(Cc1ccc([N+](=O)[O-])cc1)N1C(=O)c2ccccc2C1=O. The Bertz CT molecular complexity index is 1260. The summed E-state index contributed by atoms with van der Waals surface area (Å²) in [6.45, 7) is 0. The van der Waals surface area contributed by atoms with Crippen LogP contribution < -0.4 is 5.32 Å². The van der Waals surface area contributed by atoms with Crippen LogP contribution in [0.25, 0.3) is 0 Å². The highest BCUT2D eigenvalue weighted by atomic mass is 35.5. The number of rotatable bonds is 6. The molecule has 1 atom stereocenters. The normalized spacial score (nSPS) is 13.6. The highest BCUT2D eigenvalue weighted by Gasteiger charge is 2.42. The van der Waals surface area contributed by atoms with E-state index in [-0.39, 0.29) is 39.0 Å². The first kappa shape index (κ1) is 22.4. The van der Waals surface area contributed by atoms with Crippen molar-refractivity contribution in [3.05, 3.63) is 104 Å². The predicted molar refractivity (Wildman–Crippen MR) is 123 cm³/mol. The minimum Gasteiger partial charge on any atom is -0.323 e. The number of nitro groups is 1. The zero-order valence-electron chi connectivity index (χ0n) is 16.8. The fourth-order valence-electron chi connectivity index (χ4n) is 3.59. The van der Waals surface area contributed by atoms with Gasteiger partial charge in [0.2, 0.25) is 5.91 Å². The van der Waals surface area contributed by atoms with E-state index >= 15 is 0 Å². The van der Waals surface area contributed by atoms with Gasteiger partial charge < -0.3 is 5.32 Å². The summed E-state index contributed by atoms with van der Waals surface area (Å²) in [4.78, 5) is 50.7. The monoisotopic (exact) mass is 483 g/mol. The van der Waals surface area contributed by atoms with Gasteiger partial charge in [-0.15, -0.1) is 0 Å². The van der Waals surface area contributed by atoms with Crippen LogP contribution in [0.5, 0.6) is 0 Å². The molecular weight excluding hydrogens is 469 g/mol. The van der Waals surface area contributed by atoms with Gasteiger partial charge in [-0.1, -0.05) is 53.5 Å². The van der Waals surface area contributed by atoms with Crippen molar-refractivity contribution in [1.29, 1.82) is 0 Å². The van der Waals surface area contributed by atoms with Gasteiger partial charge in [-0.25, -0.2) is 0 Å². The fraction of sp³-hybridized carbons (Fsp3) is 0.0870. The number of halogens is 2. The van der Waals surface area contributed by atoms with Crippen molar-refractivity contribution < 1.29 is 19.3 Å². The lowest BCUT2D eigenvalue weighted by Crippen LogP contribution is -2.48. The number of amides is 3. The lowest BCUT2D eigenvalue weighted by atomic mass is 10.0. The van der Waals surface area contributed by atoms with Crippen LogP contribution in [0.2, 0.25) is 10.0 Å². The molecule has 1 aliphatic heterocycles. The Morgan fingerprint density at radius 3 is 2.12 bits per heavy atom. The lowest BCUT2D eigenvalue weighted by molar-refractivity contribution is -0.384. The zero-order chi connectivity index (χ0) is 23.7. The molecule has 0 aliphatic carbocycles. The second kappa shape index (κ2) is 9.01. The molecular formula is C23H15Cl2N3O5. The van der Waals surface area contributed by atoms with E-state index in [1.165, 1.54) is 42.5 Å². The Morgan fingerprint density at radius 2 is 1.55 bits per heavy atom. The highest BCUT2D eigenvalue weighted by Crippen LogP contribution is 2.31. The smallest absolute Gasteiger partial charge is 0.269 e. The first-order chi connectivity index (χ1) is 15.8. The molecule has 1 aliphatic rings. The van der Waals surface area contributed by atoms with E-state index in [4.69, 9.17) is 23.2 Å². The second-order valence-corrected chi connectivity index (χ2v) is 8.05. The van der Waals surface area contributed by atoms with Crippen LogP contribution in [0.1, 0.15) is 26.3 Å². The van der Waals surface area contributed by atoms with E-state index < -0.39 is 28.7 Å². The first-order valence-corrected chi connectivity index (χ1v) is 10.5. The van der Waals surface area contributed by atoms with Crippen molar-refractivity contribution in [3.8, 4) is 0 Å². The number of hydrogen-bond donors (Lipinski definition) is 1. The molecule has 0 bridgehead atoms. The van der Waals surface area contributed by atoms with Gasteiger partial charge in [0, 0.05) is 18.6 Å². The summed E-state index contributed by atoms with van der Waals surface area (Å²) in [6.07, 6.45) is -0.0620. The number of nitrogens with one attached hydrogen (secondary N) is 1. The maximum absolute atomic E-state index is 13.3. The van der Waals surface area contributed by atoms with Gasteiger partial charge in [0.1, 0.15) is 6.04 Å². The molecule has 3 amide bonds. The van der Waals surface area contributed by atoms with E-state index in [0.29, 0.717) is 5.56 Å². The molecule has 33 heavy (non-hydrogen) atoms. The Kier molecular flexibility index (Phi) is 6.13. The molecule has 3 aromatic carbocycles. The van der Waals surface area contributed by atoms with Crippen molar-refractivity contribution in [1.82, 2.24) is 4.90 Å².